The molecule has 2 aromatic rings. The summed E-state index contributed by atoms with van der Waals surface area (Å²) in [5.74, 6) is -0.235. The highest BCUT2D eigenvalue weighted by Crippen LogP contribution is 2.30. The van der Waals surface area contributed by atoms with E-state index >= 15 is 0 Å². The summed E-state index contributed by atoms with van der Waals surface area (Å²) < 4.78 is 5.66. The second-order valence-corrected chi connectivity index (χ2v) is 6.78. The zero-order chi connectivity index (χ0) is 20.3. The molecule has 1 aliphatic rings. The van der Waals surface area contributed by atoms with Gasteiger partial charge in [-0.1, -0.05) is 30.3 Å². The second kappa shape index (κ2) is 8.12. The number of nitrogens with zero attached hydrogens (tertiary/aromatic N) is 2. The van der Waals surface area contributed by atoms with Crippen LogP contribution in [0.5, 0.6) is 5.75 Å². The smallest absolute Gasteiger partial charge is 0.258 e. The number of piperazine rings is 1. The predicted octanol–water partition coefficient (Wildman–Crippen LogP) is 1.52. The number of hydrogen-bond acceptors (Lipinski definition) is 4. The number of amides is 3. The highest BCUT2D eigenvalue weighted by Gasteiger charge is 2.25. The van der Waals surface area contributed by atoms with Crippen LogP contribution < -0.4 is 10.5 Å². The van der Waals surface area contributed by atoms with Gasteiger partial charge in [-0.15, -0.1) is 0 Å². The molecule has 28 heavy (non-hydrogen) atoms. The number of primary amides is 1. The first kappa shape index (κ1) is 19.4. The second-order valence-electron chi connectivity index (χ2n) is 6.78. The van der Waals surface area contributed by atoms with Gasteiger partial charge in [0.25, 0.3) is 11.8 Å². The van der Waals surface area contributed by atoms with E-state index in [1.165, 1.54) is 0 Å². The van der Waals surface area contributed by atoms with Gasteiger partial charge >= 0.3 is 0 Å². The van der Waals surface area contributed by atoms with Gasteiger partial charge in [0.15, 0.2) is 6.10 Å². The van der Waals surface area contributed by atoms with Crippen LogP contribution >= 0.6 is 0 Å². The first-order valence-corrected chi connectivity index (χ1v) is 9.05. The number of ether oxygens (including phenoxy) is 1. The molecule has 0 saturated carbocycles. The van der Waals surface area contributed by atoms with Crippen molar-refractivity contribution in [1.82, 2.24) is 9.80 Å². The number of para-hydroxylation sites is 1. The van der Waals surface area contributed by atoms with Crippen molar-refractivity contribution in [2.75, 3.05) is 26.7 Å². The largest absolute Gasteiger partial charge is 0.480 e. The highest BCUT2D eigenvalue weighted by atomic mass is 16.5. The van der Waals surface area contributed by atoms with Crippen LogP contribution in [0.3, 0.4) is 0 Å². The maximum Gasteiger partial charge on any atom is 0.258 e. The maximum atomic E-state index is 12.7. The van der Waals surface area contributed by atoms with Gasteiger partial charge < -0.3 is 20.3 Å². The zero-order valence-electron chi connectivity index (χ0n) is 15.9. The molecule has 3 amide bonds. The number of rotatable bonds is 5. The molecule has 0 spiro atoms. The number of carbonyl (C=O) groups excluding carboxylic acids is 3. The number of benzene rings is 2. The standard InChI is InChI=1S/C21H23N3O4/c1-14(20(22)26)28-18-6-4-3-5-17(18)15-7-9-16(10-8-15)21(27)24-12-11-23(2)19(25)13-24/h3-10,14H,11-13H2,1-2H3,(H2,22,26)/t14-/m1/s1. The van der Waals surface area contributed by atoms with Crippen molar-refractivity contribution in [1.29, 1.82) is 0 Å². The van der Waals surface area contributed by atoms with E-state index < -0.39 is 12.0 Å². The molecule has 7 heteroatoms. The Kier molecular flexibility index (Phi) is 5.63. The van der Waals surface area contributed by atoms with Crippen LogP contribution in [0.1, 0.15) is 17.3 Å². The molecule has 0 radical (unpaired) electrons. The summed E-state index contributed by atoms with van der Waals surface area (Å²) >= 11 is 0. The summed E-state index contributed by atoms with van der Waals surface area (Å²) in [6.45, 7) is 2.74. The van der Waals surface area contributed by atoms with Gasteiger partial charge in [0.05, 0.1) is 0 Å². The van der Waals surface area contributed by atoms with E-state index in [-0.39, 0.29) is 18.4 Å². The minimum atomic E-state index is -0.753. The lowest BCUT2D eigenvalue weighted by Gasteiger charge is -2.32. The van der Waals surface area contributed by atoms with Crippen LogP contribution in [0.4, 0.5) is 0 Å². The van der Waals surface area contributed by atoms with Crippen molar-refractivity contribution in [2.24, 2.45) is 5.73 Å². The zero-order valence-corrected chi connectivity index (χ0v) is 15.9. The predicted molar refractivity (Wildman–Crippen MR) is 105 cm³/mol. The monoisotopic (exact) mass is 381 g/mol. The number of likely N-dealkylation sites (N-methyl/N-ethyl adjacent to an activating group) is 1. The van der Waals surface area contributed by atoms with Crippen molar-refractivity contribution in [2.45, 2.75) is 13.0 Å². The molecule has 1 saturated heterocycles. The van der Waals surface area contributed by atoms with E-state index in [9.17, 15) is 14.4 Å². The average molecular weight is 381 g/mol. The van der Waals surface area contributed by atoms with Crippen molar-refractivity contribution in [3.63, 3.8) is 0 Å². The molecule has 1 fully saturated rings. The molecule has 2 N–H and O–H groups in total. The summed E-state index contributed by atoms with van der Waals surface area (Å²) in [5.41, 5.74) is 7.44. The van der Waals surface area contributed by atoms with Gasteiger partial charge in [-0.05, 0) is 30.7 Å². The third-order valence-corrected chi connectivity index (χ3v) is 4.78. The van der Waals surface area contributed by atoms with Gasteiger partial charge in [-0.3, -0.25) is 14.4 Å². The molecule has 0 bridgehead atoms. The van der Waals surface area contributed by atoms with Crippen molar-refractivity contribution >= 4 is 17.7 Å². The lowest BCUT2D eigenvalue weighted by molar-refractivity contribution is -0.133. The van der Waals surface area contributed by atoms with E-state index in [0.29, 0.717) is 24.4 Å². The van der Waals surface area contributed by atoms with E-state index in [1.807, 2.05) is 30.3 Å². The average Bonchev–Trinajstić information content (AvgIpc) is 2.70. The van der Waals surface area contributed by atoms with Crippen molar-refractivity contribution in [3.05, 3.63) is 54.1 Å². The van der Waals surface area contributed by atoms with Crippen LogP contribution in [0, 0.1) is 0 Å². The van der Waals surface area contributed by atoms with Crippen LogP contribution in [0.2, 0.25) is 0 Å². The minimum absolute atomic E-state index is 0.0640. The van der Waals surface area contributed by atoms with Gasteiger partial charge in [-0.25, -0.2) is 0 Å². The summed E-state index contributed by atoms with van der Waals surface area (Å²) in [4.78, 5) is 39.0. The Morgan fingerprint density at radius 2 is 1.75 bits per heavy atom. The molecule has 7 nitrogen and oxygen atoms in total. The number of hydrogen-bond donors (Lipinski definition) is 1. The van der Waals surface area contributed by atoms with Crippen LogP contribution in [-0.2, 0) is 9.59 Å². The van der Waals surface area contributed by atoms with Crippen LogP contribution in [0.25, 0.3) is 11.1 Å². The molecule has 0 aromatic heterocycles. The Bertz CT molecular complexity index is 895. The van der Waals surface area contributed by atoms with E-state index in [4.69, 9.17) is 10.5 Å². The summed E-state index contributed by atoms with van der Waals surface area (Å²) in [6.07, 6.45) is -0.753. The Labute approximate surface area is 163 Å². The minimum Gasteiger partial charge on any atom is -0.480 e. The molecule has 146 valence electrons. The lowest BCUT2D eigenvalue weighted by atomic mass is 10.0. The fourth-order valence-electron chi connectivity index (χ4n) is 2.96. The quantitative estimate of drug-likeness (QED) is 0.850. The van der Waals surface area contributed by atoms with E-state index in [0.717, 1.165) is 11.1 Å². The Hall–Kier alpha value is -3.35. The van der Waals surface area contributed by atoms with Gasteiger partial charge in [0.2, 0.25) is 5.91 Å². The van der Waals surface area contributed by atoms with Gasteiger partial charge in [0, 0.05) is 31.3 Å². The van der Waals surface area contributed by atoms with E-state index in [1.54, 1.807) is 42.0 Å². The number of carbonyl (C=O) groups is 3. The van der Waals surface area contributed by atoms with Gasteiger partial charge in [0.1, 0.15) is 12.3 Å². The summed E-state index contributed by atoms with van der Waals surface area (Å²) in [7, 11) is 1.73. The molecule has 1 aliphatic heterocycles. The molecule has 3 rings (SSSR count). The first-order chi connectivity index (χ1) is 13.4. The third-order valence-electron chi connectivity index (χ3n) is 4.78. The van der Waals surface area contributed by atoms with Crippen molar-refractivity contribution < 1.29 is 19.1 Å². The molecule has 2 aromatic carbocycles. The van der Waals surface area contributed by atoms with Gasteiger partial charge in [-0.2, -0.15) is 0 Å². The maximum absolute atomic E-state index is 12.7. The topological polar surface area (TPSA) is 92.9 Å². The highest BCUT2D eigenvalue weighted by molar-refractivity contribution is 5.97. The third kappa shape index (κ3) is 4.14. The molecule has 1 heterocycles. The molecule has 0 aliphatic carbocycles. The van der Waals surface area contributed by atoms with Crippen LogP contribution in [0.15, 0.2) is 48.5 Å². The SMILES string of the molecule is C[C@@H](Oc1ccccc1-c1ccc(C(=O)N2CCN(C)C(=O)C2)cc1)C(N)=O. The molecular formula is C21H23N3O4. The Balaban J connectivity index is 1.79. The number of nitrogens with two attached hydrogens (primary N) is 1. The van der Waals surface area contributed by atoms with Crippen molar-refractivity contribution in [3.8, 4) is 16.9 Å². The molecule has 1 atom stereocenters. The fraction of sp³-hybridized carbons (Fsp3) is 0.286. The Morgan fingerprint density at radius 1 is 1.07 bits per heavy atom. The fourth-order valence-corrected chi connectivity index (χ4v) is 2.96. The molecular weight excluding hydrogens is 358 g/mol. The first-order valence-electron chi connectivity index (χ1n) is 9.05. The molecule has 0 unspecified atom stereocenters. The Morgan fingerprint density at radius 3 is 2.39 bits per heavy atom. The lowest BCUT2D eigenvalue weighted by Crippen LogP contribution is -2.50. The van der Waals surface area contributed by atoms with Crippen LogP contribution in [-0.4, -0.2) is 60.3 Å². The van der Waals surface area contributed by atoms with E-state index in [2.05, 4.69) is 0 Å². The normalized spacial score (nSPS) is 15.3. The summed E-state index contributed by atoms with van der Waals surface area (Å²) in [6, 6.07) is 14.4. The summed E-state index contributed by atoms with van der Waals surface area (Å²) in [5, 5.41) is 0.